The van der Waals surface area contributed by atoms with E-state index in [1.165, 1.54) is 24.3 Å². The summed E-state index contributed by atoms with van der Waals surface area (Å²) in [5.74, 6) is 0.144. The molecule has 2 aromatic carbocycles. The summed E-state index contributed by atoms with van der Waals surface area (Å²) < 4.78 is 0. The van der Waals surface area contributed by atoms with E-state index >= 15 is 0 Å². The van der Waals surface area contributed by atoms with Crippen molar-refractivity contribution in [3.05, 3.63) is 70.3 Å². The molecule has 0 radical (unpaired) electrons. The Hall–Kier alpha value is -2.73. The van der Waals surface area contributed by atoms with Crippen molar-refractivity contribution in [1.82, 2.24) is 5.32 Å². The summed E-state index contributed by atoms with van der Waals surface area (Å²) in [4.78, 5) is 22.2. The largest absolute Gasteiger partial charge is 0.325 e. The summed E-state index contributed by atoms with van der Waals surface area (Å²) in [5.41, 5.74) is 1.67. The highest BCUT2D eigenvalue weighted by Gasteiger charge is 2.16. The van der Waals surface area contributed by atoms with Crippen molar-refractivity contribution >= 4 is 17.3 Å². The average Bonchev–Trinajstić information content (AvgIpc) is 2.56. The minimum absolute atomic E-state index is 0.00456. The van der Waals surface area contributed by atoms with E-state index in [0.29, 0.717) is 11.6 Å². The molecule has 0 spiro atoms. The molecule has 0 heterocycles. The topological polar surface area (TPSA) is 84.3 Å². The highest BCUT2D eigenvalue weighted by atomic mass is 16.6. The minimum Gasteiger partial charge on any atom is -0.325 e. The van der Waals surface area contributed by atoms with Crippen LogP contribution in [0.3, 0.4) is 0 Å². The van der Waals surface area contributed by atoms with E-state index in [9.17, 15) is 14.9 Å². The van der Waals surface area contributed by atoms with E-state index in [4.69, 9.17) is 0 Å². The quantitative estimate of drug-likeness (QED) is 0.602. The van der Waals surface area contributed by atoms with Gasteiger partial charge in [0.15, 0.2) is 0 Å². The Morgan fingerprint density at radius 3 is 2.25 bits per heavy atom. The lowest BCUT2D eigenvalue weighted by Gasteiger charge is -2.22. The molecule has 1 amide bonds. The third kappa shape index (κ3) is 4.89. The first kappa shape index (κ1) is 17.6. The van der Waals surface area contributed by atoms with Gasteiger partial charge in [0.2, 0.25) is 5.91 Å². The number of anilines is 1. The zero-order valence-electron chi connectivity index (χ0n) is 13.7. The molecule has 0 aromatic heterocycles. The molecule has 2 rings (SSSR count). The van der Waals surface area contributed by atoms with Crippen molar-refractivity contribution in [2.75, 3.05) is 11.9 Å². The van der Waals surface area contributed by atoms with Gasteiger partial charge in [-0.05, 0) is 23.6 Å². The van der Waals surface area contributed by atoms with Gasteiger partial charge >= 0.3 is 0 Å². The molecule has 0 aliphatic carbocycles. The molecule has 1 atom stereocenters. The van der Waals surface area contributed by atoms with Gasteiger partial charge in [0, 0.05) is 23.9 Å². The number of nitro benzene ring substituents is 1. The maximum atomic E-state index is 12.1. The predicted molar refractivity (Wildman–Crippen MR) is 93.7 cm³/mol. The van der Waals surface area contributed by atoms with Crippen molar-refractivity contribution < 1.29 is 9.72 Å². The lowest BCUT2D eigenvalue weighted by molar-refractivity contribution is -0.384. The summed E-state index contributed by atoms with van der Waals surface area (Å²) >= 11 is 0. The van der Waals surface area contributed by atoms with E-state index < -0.39 is 4.92 Å². The molecular weight excluding hydrogens is 306 g/mol. The Labute approximate surface area is 141 Å². The summed E-state index contributed by atoms with van der Waals surface area (Å²) in [6, 6.07) is 15.8. The first-order valence-electron chi connectivity index (χ1n) is 7.80. The molecule has 0 saturated heterocycles. The molecular formula is C18H21N3O3. The molecule has 0 unspecified atom stereocenters. The van der Waals surface area contributed by atoms with Crippen molar-refractivity contribution in [3.8, 4) is 0 Å². The summed E-state index contributed by atoms with van der Waals surface area (Å²) in [6.45, 7) is 4.35. The molecule has 2 N–H and O–H groups in total. The van der Waals surface area contributed by atoms with Gasteiger partial charge < -0.3 is 10.6 Å². The number of rotatable bonds is 7. The molecule has 0 bridgehead atoms. The molecule has 6 heteroatoms. The summed E-state index contributed by atoms with van der Waals surface area (Å²) in [5, 5.41) is 16.6. The van der Waals surface area contributed by atoms with Gasteiger partial charge in [-0.1, -0.05) is 44.2 Å². The first-order chi connectivity index (χ1) is 11.5. The van der Waals surface area contributed by atoms with Crippen molar-refractivity contribution in [2.45, 2.75) is 19.9 Å². The molecule has 2 aromatic rings. The van der Waals surface area contributed by atoms with Crippen LogP contribution in [0.15, 0.2) is 54.6 Å². The number of hydrogen-bond acceptors (Lipinski definition) is 4. The zero-order chi connectivity index (χ0) is 17.5. The minimum atomic E-state index is -0.472. The number of hydrogen-bond donors (Lipinski definition) is 2. The summed E-state index contributed by atoms with van der Waals surface area (Å²) in [6.07, 6.45) is 0. The maximum Gasteiger partial charge on any atom is 0.269 e. The normalized spacial score (nSPS) is 12.0. The van der Waals surface area contributed by atoms with Crippen LogP contribution < -0.4 is 10.6 Å². The Kier molecular flexibility index (Phi) is 6.03. The fraction of sp³-hybridized carbons (Fsp3) is 0.278. The van der Waals surface area contributed by atoms with E-state index in [-0.39, 0.29) is 24.2 Å². The Bertz CT molecular complexity index is 684. The zero-order valence-corrected chi connectivity index (χ0v) is 13.7. The second kappa shape index (κ2) is 8.21. The fourth-order valence-electron chi connectivity index (χ4n) is 2.47. The SMILES string of the molecule is CC(C)[C@@H](NCC(=O)Nc1ccc([N+](=O)[O-])cc1)c1ccccc1. The fourth-order valence-corrected chi connectivity index (χ4v) is 2.47. The van der Waals surface area contributed by atoms with Crippen LogP contribution in [-0.2, 0) is 4.79 Å². The van der Waals surface area contributed by atoms with Crippen molar-refractivity contribution in [2.24, 2.45) is 5.92 Å². The van der Waals surface area contributed by atoms with Crippen LogP contribution in [0.4, 0.5) is 11.4 Å². The third-order valence-electron chi connectivity index (χ3n) is 3.67. The van der Waals surface area contributed by atoms with Crippen molar-refractivity contribution in [3.63, 3.8) is 0 Å². The average molecular weight is 327 g/mol. The second-order valence-corrected chi connectivity index (χ2v) is 5.87. The van der Waals surface area contributed by atoms with Crippen LogP contribution >= 0.6 is 0 Å². The van der Waals surface area contributed by atoms with E-state index in [1.54, 1.807) is 0 Å². The Morgan fingerprint density at radius 2 is 1.71 bits per heavy atom. The lowest BCUT2D eigenvalue weighted by atomic mass is 9.96. The van der Waals surface area contributed by atoms with Crippen LogP contribution in [-0.4, -0.2) is 17.4 Å². The molecule has 0 fully saturated rings. The third-order valence-corrected chi connectivity index (χ3v) is 3.67. The van der Waals surface area contributed by atoms with Gasteiger partial charge in [-0.15, -0.1) is 0 Å². The van der Waals surface area contributed by atoms with Crippen LogP contribution in [0.1, 0.15) is 25.5 Å². The lowest BCUT2D eigenvalue weighted by Crippen LogP contribution is -2.33. The van der Waals surface area contributed by atoms with E-state index in [0.717, 1.165) is 5.56 Å². The smallest absolute Gasteiger partial charge is 0.269 e. The first-order valence-corrected chi connectivity index (χ1v) is 7.80. The number of nitrogens with zero attached hydrogens (tertiary/aromatic N) is 1. The van der Waals surface area contributed by atoms with Crippen LogP contribution in [0.5, 0.6) is 0 Å². The van der Waals surface area contributed by atoms with Crippen molar-refractivity contribution in [1.29, 1.82) is 0 Å². The van der Waals surface area contributed by atoms with Crippen LogP contribution in [0, 0.1) is 16.0 Å². The highest BCUT2D eigenvalue weighted by molar-refractivity contribution is 5.92. The summed E-state index contributed by atoms with van der Waals surface area (Å²) in [7, 11) is 0. The standard InChI is InChI=1S/C18H21N3O3/c1-13(2)18(14-6-4-3-5-7-14)19-12-17(22)20-15-8-10-16(11-9-15)21(23)24/h3-11,13,18-19H,12H2,1-2H3,(H,20,22)/t18-/m1/s1. The molecule has 6 nitrogen and oxygen atoms in total. The van der Waals surface area contributed by atoms with Gasteiger partial charge in [-0.25, -0.2) is 0 Å². The molecule has 0 saturated carbocycles. The molecule has 0 aliphatic rings. The number of non-ortho nitro benzene ring substituents is 1. The predicted octanol–water partition coefficient (Wildman–Crippen LogP) is 3.52. The van der Waals surface area contributed by atoms with Gasteiger partial charge in [-0.3, -0.25) is 14.9 Å². The van der Waals surface area contributed by atoms with Gasteiger partial charge in [0.05, 0.1) is 11.5 Å². The Morgan fingerprint density at radius 1 is 1.08 bits per heavy atom. The van der Waals surface area contributed by atoms with E-state index in [2.05, 4.69) is 24.5 Å². The van der Waals surface area contributed by atoms with Gasteiger partial charge in [0.25, 0.3) is 5.69 Å². The number of carbonyl (C=O) groups excluding carboxylic acids is 1. The highest BCUT2D eigenvalue weighted by Crippen LogP contribution is 2.21. The number of benzene rings is 2. The van der Waals surface area contributed by atoms with Gasteiger partial charge in [0.1, 0.15) is 0 Å². The van der Waals surface area contributed by atoms with Crippen LogP contribution in [0.2, 0.25) is 0 Å². The number of amides is 1. The molecule has 24 heavy (non-hydrogen) atoms. The monoisotopic (exact) mass is 327 g/mol. The molecule has 126 valence electrons. The number of nitro groups is 1. The number of nitrogens with one attached hydrogen (secondary N) is 2. The van der Waals surface area contributed by atoms with Crippen LogP contribution in [0.25, 0.3) is 0 Å². The maximum absolute atomic E-state index is 12.1. The van der Waals surface area contributed by atoms with E-state index in [1.807, 2.05) is 30.3 Å². The second-order valence-electron chi connectivity index (χ2n) is 5.87. The molecule has 0 aliphatic heterocycles. The Balaban J connectivity index is 1.92. The number of carbonyl (C=O) groups is 1. The van der Waals surface area contributed by atoms with Gasteiger partial charge in [-0.2, -0.15) is 0 Å².